The summed E-state index contributed by atoms with van der Waals surface area (Å²) in [5, 5.41) is 8.93. The average molecular weight is 244 g/mol. The van der Waals surface area contributed by atoms with Crippen molar-refractivity contribution >= 4 is 11.7 Å². The van der Waals surface area contributed by atoms with E-state index in [4.69, 9.17) is 10.00 Å². The van der Waals surface area contributed by atoms with Crippen LogP contribution in [-0.2, 0) is 9.53 Å². The highest BCUT2D eigenvalue weighted by atomic mass is 16.5. The highest BCUT2D eigenvalue weighted by molar-refractivity contribution is 5.93. The molecule has 4 nitrogen and oxygen atoms in total. The van der Waals surface area contributed by atoms with E-state index in [1.807, 2.05) is 37.3 Å². The van der Waals surface area contributed by atoms with Gasteiger partial charge in [0.15, 0.2) is 5.57 Å². The van der Waals surface area contributed by atoms with Crippen molar-refractivity contribution in [2.45, 2.75) is 13.8 Å². The number of nitriles is 1. The number of hydrogen-bond acceptors (Lipinski definition) is 4. The van der Waals surface area contributed by atoms with Gasteiger partial charge in [0.25, 0.3) is 0 Å². The van der Waals surface area contributed by atoms with Crippen molar-refractivity contribution < 1.29 is 9.53 Å². The Kier molecular flexibility index (Phi) is 4.94. The molecule has 4 heteroatoms. The lowest BCUT2D eigenvalue weighted by molar-refractivity contribution is -0.138. The molecule has 0 radical (unpaired) electrons. The Morgan fingerprint density at radius 1 is 1.56 bits per heavy atom. The van der Waals surface area contributed by atoms with Crippen LogP contribution in [0, 0.1) is 18.3 Å². The van der Waals surface area contributed by atoms with E-state index >= 15 is 0 Å². The van der Waals surface area contributed by atoms with E-state index in [-0.39, 0.29) is 12.2 Å². The van der Waals surface area contributed by atoms with E-state index in [1.165, 1.54) is 6.20 Å². The quantitative estimate of drug-likeness (QED) is 0.463. The Hall–Kier alpha value is -2.28. The molecule has 0 aliphatic rings. The van der Waals surface area contributed by atoms with Crippen LogP contribution < -0.4 is 4.90 Å². The second kappa shape index (κ2) is 6.45. The summed E-state index contributed by atoms with van der Waals surface area (Å²) in [5.74, 6) is -0.598. The monoisotopic (exact) mass is 244 g/mol. The maximum atomic E-state index is 11.5. The Morgan fingerprint density at radius 2 is 2.28 bits per heavy atom. The number of esters is 1. The highest BCUT2D eigenvalue weighted by Crippen LogP contribution is 2.15. The highest BCUT2D eigenvalue weighted by Gasteiger charge is 2.11. The summed E-state index contributed by atoms with van der Waals surface area (Å²) >= 11 is 0. The standard InChI is InChI=1S/C14H16N2O2/c1-4-18-14(17)12(9-15)10-16(3)13-7-5-6-11(2)8-13/h5-8,10H,4H2,1-3H3/b12-10-. The van der Waals surface area contributed by atoms with Crippen molar-refractivity contribution in [2.24, 2.45) is 0 Å². The molecule has 0 unspecified atom stereocenters. The van der Waals surface area contributed by atoms with Gasteiger partial charge in [0.05, 0.1) is 6.61 Å². The summed E-state index contributed by atoms with van der Waals surface area (Å²) in [4.78, 5) is 13.2. The van der Waals surface area contributed by atoms with Crippen LogP contribution in [0.4, 0.5) is 5.69 Å². The second-order valence-electron chi connectivity index (χ2n) is 3.82. The summed E-state index contributed by atoms with van der Waals surface area (Å²) in [6, 6.07) is 9.63. The van der Waals surface area contributed by atoms with Gasteiger partial charge in [-0.05, 0) is 31.5 Å². The molecule has 0 saturated carbocycles. The maximum Gasteiger partial charge on any atom is 0.350 e. The first kappa shape index (κ1) is 13.8. The van der Waals surface area contributed by atoms with E-state index in [0.29, 0.717) is 0 Å². The molecule has 0 aliphatic heterocycles. The average Bonchev–Trinajstić information content (AvgIpc) is 2.35. The first-order chi connectivity index (χ1) is 8.58. The molecule has 0 atom stereocenters. The third kappa shape index (κ3) is 3.63. The lowest BCUT2D eigenvalue weighted by Gasteiger charge is -2.15. The smallest absolute Gasteiger partial charge is 0.350 e. The van der Waals surface area contributed by atoms with Gasteiger partial charge in [-0.15, -0.1) is 0 Å². The summed E-state index contributed by atoms with van der Waals surface area (Å²) in [7, 11) is 1.78. The molecule has 0 heterocycles. The number of ether oxygens (including phenoxy) is 1. The fraction of sp³-hybridized carbons (Fsp3) is 0.286. The molecule has 0 bridgehead atoms. The Morgan fingerprint density at radius 3 is 2.83 bits per heavy atom. The topological polar surface area (TPSA) is 53.3 Å². The molecule has 94 valence electrons. The van der Waals surface area contributed by atoms with Crippen molar-refractivity contribution in [2.75, 3.05) is 18.6 Å². The molecule has 0 N–H and O–H groups in total. The zero-order valence-corrected chi connectivity index (χ0v) is 10.8. The van der Waals surface area contributed by atoms with Crippen molar-refractivity contribution in [1.82, 2.24) is 0 Å². The van der Waals surface area contributed by atoms with Crippen LogP contribution in [0.25, 0.3) is 0 Å². The largest absolute Gasteiger partial charge is 0.462 e. The summed E-state index contributed by atoms with van der Waals surface area (Å²) in [6.07, 6.45) is 1.48. The molecule has 0 spiro atoms. The van der Waals surface area contributed by atoms with Crippen molar-refractivity contribution in [3.63, 3.8) is 0 Å². The van der Waals surface area contributed by atoms with Crippen molar-refractivity contribution in [3.8, 4) is 6.07 Å². The number of carbonyl (C=O) groups is 1. The molecular weight excluding hydrogens is 228 g/mol. The van der Waals surface area contributed by atoms with E-state index in [1.54, 1.807) is 18.9 Å². The number of rotatable bonds is 4. The third-order valence-electron chi connectivity index (χ3n) is 2.35. The first-order valence-electron chi connectivity index (χ1n) is 5.67. The van der Waals surface area contributed by atoms with Gasteiger partial charge in [-0.1, -0.05) is 12.1 Å². The Balaban J connectivity index is 2.93. The second-order valence-corrected chi connectivity index (χ2v) is 3.82. The van der Waals surface area contributed by atoms with Crippen LogP contribution in [0.3, 0.4) is 0 Å². The minimum atomic E-state index is -0.598. The maximum absolute atomic E-state index is 11.5. The Labute approximate surface area is 107 Å². The number of benzene rings is 1. The molecule has 0 aromatic heterocycles. The number of nitrogens with zero attached hydrogens (tertiary/aromatic N) is 2. The van der Waals surface area contributed by atoms with Crippen LogP contribution in [0.1, 0.15) is 12.5 Å². The zero-order valence-electron chi connectivity index (χ0n) is 10.8. The van der Waals surface area contributed by atoms with Gasteiger partial charge in [-0.25, -0.2) is 4.79 Å². The number of aryl methyl sites for hydroxylation is 1. The van der Waals surface area contributed by atoms with Crippen LogP contribution in [0.15, 0.2) is 36.0 Å². The van der Waals surface area contributed by atoms with Crippen LogP contribution >= 0.6 is 0 Å². The SMILES string of the molecule is CCOC(=O)/C(C#N)=C\N(C)c1cccc(C)c1. The van der Waals surface area contributed by atoms with Gasteiger partial charge in [0, 0.05) is 18.9 Å². The van der Waals surface area contributed by atoms with Crippen LogP contribution in [-0.4, -0.2) is 19.6 Å². The number of carbonyl (C=O) groups excluding carboxylic acids is 1. The minimum Gasteiger partial charge on any atom is -0.462 e. The number of anilines is 1. The van der Waals surface area contributed by atoms with Crippen molar-refractivity contribution in [3.05, 3.63) is 41.6 Å². The predicted octanol–water partition coefficient (Wildman–Crippen LogP) is 2.40. The molecular formula is C14H16N2O2. The van der Waals surface area contributed by atoms with Gasteiger partial charge in [-0.2, -0.15) is 5.26 Å². The number of hydrogen-bond donors (Lipinski definition) is 0. The van der Waals surface area contributed by atoms with Gasteiger partial charge >= 0.3 is 5.97 Å². The Bertz CT molecular complexity index is 501. The normalized spacial score (nSPS) is 10.7. The molecule has 1 aromatic carbocycles. The molecule has 1 rings (SSSR count). The fourth-order valence-corrected chi connectivity index (χ4v) is 1.45. The molecule has 0 fully saturated rings. The van der Waals surface area contributed by atoms with E-state index in [0.717, 1.165) is 11.3 Å². The third-order valence-corrected chi connectivity index (χ3v) is 2.35. The van der Waals surface area contributed by atoms with Crippen molar-refractivity contribution in [1.29, 1.82) is 5.26 Å². The van der Waals surface area contributed by atoms with Gasteiger partial charge < -0.3 is 9.64 Å². The predicted molar refractivity (Wildman–Crippen MR) is 69.9 cm³/mol. The van der Waals surface area contributed by atoms with Crippen LogP contribution in [0.2, 0.25) is 0 Å². The van der Waals surface area contributed by atoms with E-state index in [2.05, 4.69) is 0 Å². The first-order valence-corrected chi connectivity index (χ1v) is 5.67. The lowest BCUT2D eigenvalue weighted by atomic mass is 10.2. The van der Waals surface area contributed by atoms with Gasteiger partial charge in [0.2, 0.25) is 0 Å². The molecule has 0 aliphatic carbocycles. The minimum absolute atomic E-state index is 0.0131. The summed E-state index contributed by atoms with van der Waals surface area (Å²) < 4.78 is 4.80. The van der Waals surface area contributed by atoms with E-state index in [9.17, 15) is 4.79 Å². The molecule has 0 amide bonds. The summed E-state index contributed by atoms with van der Waals surface area (Å²) in [5.41, 5.74) is 2.01. The molecule has 18 heavy (non-hydrogen) atoms. The lowest BCUT2D eigenvalue weighted by Crippen LogP contribution is -2.14. The summed E-state index contributed by atoms with van der Waals surface area (Å²) in [6.45, 7) is 3.95. The van der Waals surface area contributed by atoms with Crippen LogP contribution in [0.5, 0.6) is 0 Å². The van der Waals surface area contributed by atoms with Gasteiger partial charge in [-0.3, -0.25) is 0 Å². The van der Waals surface area contributed by atoms with Gasteiger partial charge in [0.1, 0.15) is 6.07 Å². The zero-order chi connectivity index (χ0) is 13.5. The molecule has 1 aromatic rings. The van der Waals surface area contributed by atoms with E-state index < -0.39 is 5.97 Å². The molecule has 0 saturated heterocycles. The fourth-order valence-electron chi connectivity index (χ4n) is 1.45.